The van der Waals surface area contributed by atoms with Crippen LogP contribution < -0.4 is 9.62 Å². The maximum Gasteiger partial charge on any atom is 0.251 e. The van der Waals surface area contributed by atoms with Crippen LogP contribution in [-0.4, -0.2) is 47.4 Å². The van der Waals surface area contributed by atoms with Gasteiger partial charge in [0.25, 0.3) is 5.91 Å². The first kappa shape index (κ1) is 17.5. The highest BCUT2D eigenvalue weighted by Gasteiger charge is 2.16. The van der Waals surface area contributed by atoms with E-state index in [9.17, 15) is 13.2 Å². The van der Waals surface area contributed by atoms with Gasteiger partial charge in [-0.1, -0.05) is 0 Å². The molecule has 1 N–H and O–H groups in total. The fourth-order valence-electron chi connectivity index (χ4n) is 1.70. The maximum absolute atomic E-state index is 11.9. The molecule has 0 bridgehead atoms. The summed E-state index contributed by atoms with van der Waals surface area (Å²) < 4.78 is 29.6. The molecule has 0 fully saturated rings. The monoisotopic (exact) mass is 314 g/mol. The van der Waals surface area contributed by atoms with Crippen molar-refractivity contribution in [1.29, 1.82) is 0 Å². The van der Waals surface area contributed by atoms with Crippen molar-refractivity contribution in [3.8, 4) is 0 Å². The van der Waals surface area contributed by atoms with Crippen LogP contribution in [0.25, 0.3) is 0 Å². The van der Waals surface area contributed by atoms with E-state index in [1.807, 2.05) is 0 Å². The standard InChI is InChI=1S/C14H22N2O4S/c1-4-21(18,19)16(2)13-8-6-12(7-9-13)14(17)15-10-5-11-20-3/h6-9H,4-5,10-11H2,1-3H3,(H,15,17). The molecule has 0 spiro atoms. The predicted octanol–water partition coefficient (Wildman–Crippen LogP) is 1.24. The number of anilines is 1. The van der Waals surface area contributed by atoms with Gasteiger partial charge in [0, 0.05) is 32.9 Å². The molecule has 0 aliphatic carbocycles. The van der Waals surface area contributed by atoms with Gasteiger partial charge in [-0.3, -0.25) is 9.10 Å². The van der Waals surface area contributed by atoms with Gasteiger partial charge >= 0.3 is 0 Å². The molecule has 1 rings (SSSR count). The molecule has 0 unspecified atom stereocenters. The molecule has 0 heterocycles. The Morgan fingerprint density at radius 1 is 1.29 bits per heavy atom. The first-order valence-corrected chi connectivity index (χ1v) is 8.37. The van der Waals surface area contributed by atoms with Crippen LogP contribution in [0.5, 0.6) is 0 Å². The number of nitrogens with one attached hydrogen (secondary N) is 1. The molecule has 0 radical (unpaired) electrons. The van der Waals surface area contributed by atoms with Crippen molar-refractivity contribution in [2.75, 3.05) is 37.4 Å². The normalized spacial score (nSPS) is 11.2. The Labute approximate surface area is 126 Å². The van der Waals surface area contributed by atoms with Crippen molar-refractivity contribution < 1.29 is 17.9 Å². The molecule has 118 valence electrons. The van der Waals surface area contributed by atoms with Crippen LogP contribution in [0.15, 0.2) is 24.3 Å². The van der Waals surface area contributed by atoms with E-state index >= 15 is 0 Å². The van der Waals surface area contributed by atoms with Crippen molar-refractivity contribution in [3.63, 3.8) is 0 Å². The lowest BCUT2D eigenvalue weighted by Gasteiger charge is -2.18. The van der Waals surface area contributed by atoms with Gasteiger partial charge < -0.3 is 10.1 Å². The summed E-state index contributed by atoms with van der Waals surface area (Å²) in [4.78, 5) is 11.9. The number of hydrogen-bond acceptors (Lipinski definition) is 4. The number of methoxy groups -OCH3 is 1. The van der Waals surface area contributed by atoms with E-state index in [0.717, 1.165) is 6.42 Å². The summed E-state index contributed by atoms with van der Waals surface area (Å²) in [5, 5.41) is 2.77. The van der Waals surface area contributed by atoms with Gasteiger partial charge in [-0.2, -0.15) is 0 Å². The first-order chi connectivity index (χ1) is 9.92. The zero-order chi connectivity index (χ0) is 15.9. The number of sulfonamides is 1. The largest absolute Gasteiger partial charge is 0.385 e. The van der Waals surface area contributed by atoms with Gasteiger partial charge in [-0.15, -0.1) is 0 Å². The van der Waals surface area contributed by atoms with E-state index in [2.05, 4.69) is 5.32 Å². The number of carbonyl (C=O) groups is 1. The molecule has 0 aliphatic heterocycles. The molecular formula is C14H22N2O4S. The SMILES string of the molecule is CCS(=O)(=O)N(C)c1ccc(C(=O)NCCCOC)cc1. The van der Waals surface area contributed by atoms with E-state index in [4.69, 9.17) is 4.74 Å². The third kappa shape index (κ3) is 5.02. The summed E-state index contributed by atoms with van der Waals surface area (Å²) in [5.74, 6) is -0.149. The summed E-state index contributed by atoms with van der Waals surface area (Å²) in [6.07, 6.45) is 0.748. The van der Waals surface area contributed by atoms with Gasteiger partial charge in [0.05, 0.1) is 11.4 Å². The van der Waals surface area contributed by atoms with E-state index < -0.39 is 10.0 Å². The lowest BCUT2D eigenvalue weighted by Crippen LogP contribution is -2.28. The molecule has 0 saturated carbocycles. The van der Waals surface area contributed by atoms with Crippen LogP contribution >= 0.6 is 0 Å². The third-order valence-corrected chi connectivity index (χ3v) is 4.86. The molecule has 7 heteroatoms. The number of rotatable bonds is 8. The lowest BCUT2D eigenvalue weighted by molar-refractivity contribution is 0.0948. The lowest BCUT2D eigenvalue weighted by atomic mass is 10.2. The van der Waals surface area contributed by atoms with E-state index in [-0.39, 0.29) is 11.7 Å². The zero-order valence-corrected chi connectivity index (χ0v) is 13.4. The molecule has 0 atom stereocenters. The van der Waals surface area contributed by atoms with E-state index in [1.54, 1.807) is 38.3 Å². The van der Waals surface area contributed by atoms with Crippen LogP contribution in [0.1, 0.15) is 23.7 Å². The molecule has 1 amide bonds. The number of ether oxygens (including phenoxy) is 1. The second kappa shape index (κ2) is 7.99. The summed E-state index contributed by atoms with van der Waals surface area (Å²) >= 11 is 0. The second-order valence-electron chi connectivity index (χ2n) is 4.52. The average molecular weight is 314 g/mol. The highest BCUT2D eigenvalue weighted by atomic mass is 32.2. The van der Waals surface area contributed by atoms with Gasteiger partial charge in [-0.25, -0.2) is 8.42 Å². The van der Waals surface area contributed by atoms with Crippen molar-refractivity contribution in [3.05, 3.63) is 29.8 Å². The summed E-state index contributed by atoms with van der Waals surface area (Å²) in [5.41, 5.74) is 1.03. The highest BCUT2D eigenvalue weighted by Crippen LogP contribution is 2.17. The van der Waals surface area contributed by atoms with Crippen molar-refractivity contribution >= 4 is 21.6 Å². The highest BCUT2D eigenvalue weighted by molar-refractivity contribution is 7.92. The minimum absolute atomic E-state index is 0.0330. The van der Waals surface area contributed by atoms with Crippen LogP contribution in [0.2, 0.25) is 0 Å². The molecule has 1 aromatic rings. The Kier molecular flexibility index (Phi) is 6.64. The van der Waals surface area contributed by atoms with Crippen LogP contribution in [0.4, 0.5) is 5.69 Å². The van der Waals surface area contributed by atoms with Crippen LogP contribution in [0, 0.1) is 0 Å². The number of amides is 1. The van der Waals surface area contributed by atoms with Crippen LogP contribution in [0.3, 0.4) is 0 Å². The molecule has 0 saturated heterocycles. The van der Waals surface area contributed by atoms with Gasteiger partial charge in [0.2, 0.25) is 10.0 Å². The number of hydrogen-bond donors (Lipinski definition) is 1. The Morgan fingerprint density at radius 3 is 2.43 bits per heavy atom. The zero-order valence-electron chi connectivity index (χ0n) is 12.6. The minimum atomic E-state index is -3.29. The Bertz CT molecular complexity index is 555. The van der Waals surface area contributed by atoms with E-state index in [0.29, 0.717) is 24.4 Å². The number of nitrogens with zero attached hydrogens (tertiary/aromatic N) is 1. The summed E-state index contributed by atoms with van der Waals surface area (Å²) in [6.45, 7) is 2.73. The topological polar surface area (TPSA) is 75.7 Å². The summed E-state index contributed by atoms with van der Waals surface area (Å²) in [6, 6.07) is 6.47. The molecule has 6 nitrogen and oxygen atoms in total. The second-order valence-corrected chi connectivity index (χ2v) is 6.81. The molecule has 21 heavy (non-hydrogen) atoms. The fourth-order valence-corrected chi connectivity index (χ4v) is 2.53. The predicted molar refractivity (Wildman–Crippen MR) is 83.1 cm³/mol. The molecule has 0 aromatic heterocycles. The molecular weight excluding hydrogens is 292 g/mol. The number of carbonyl (C=O) groups excluding carboxylic acids is 1. The van der Waals surface area contributed by atoms with E-state index in [1.165, 1.54) is 11.4 Å². The Morgan fingerprint density at radius 2 is 1.90 bits per heavy atom. The maximum atomic E-state index is 11.9. The Hall–Kier alpha value is -1.60. The number of benzene rings is 1. The molecule has 1 aromatic carbocycles. The minimum Gasteiger partial charge on any atom is -0.385 e. The quantitative estimate of drug-likeness (QED) is 0.733. The van der Waals surface area contributed by atoms with Crippen molar-refractivity contribution in [2.24, 2.45) is 0 Å². The fraction of sp³-hybridized carbons (Fsp3) is 0.500. The van der Waals surface area contributed by atoms with Crippen molar-refractivity contribution in [2.45, 2.75) is 13.3 Å². The smallest absolute Gasteiger partial charge is 0.251 e. The third-order valence-electron chi connectivity index (χ3n) is 3.09. The summed E-state index contributed by atoms with van der Waals surface area (Å²) in [7, 11) is -0.175. The Balaban J connectivity index is 2.67. The average Bonchev–Trinajstić information content (AvgIpc) is 2.50. The van der Waals surface area contributed by atoms with Gasteiger partial charge in [-0.05, 0) is 37.6 Å². The molecule has 0 aliphatic rings. The van der Waals surface area contributed by atoms with Gasteiger partial charge in [0.1, 0.15) is 0 Å². The van der Waals surface area contributed by atoms with Crippen molar-refractivity contribution in [1.82, 2.24) is 5.32 Å². The van der Waals surface area contributed by atoms with Gasteiger partial charge in [0.15, 0.2) is 0 Å². The first-order valence-electron chi connectivity index (χ1n) is 6.76. The van der Waals surface area contributed by atoms with Crippen LogP contribution in [-0.2, 0) is 14.8 Å².